The van der Waals surface area contributed by atoms with Crippen molar-refractivity contribution in [2.24, 2.45) is 0 Å². The molecule has 1 amide bonds. The van der Waals surface area contributed by atoms with Crippen LogP contribution in [-0.4, -0.2) is 25.3 Å². The second kappa shape index (κ2) is 5.73. The van der Waals surface area contributed by atoms with E-state index in [0.29, 0.717) is 13.3 Å². The SMILES string of the molecule is CC(C)NC(=O)C[NH2+]Cc1ccc2c(c1)OCO2. The number of amides is 1. The molecule has 0 radical (unpaired) electrons. The number of fused-ring (bicyclic) bond motifs is 1. The van der Waals surface area contributed by atoms with Crippen molar-refractivity contribution in [1.82, 2.24) is 5.32 Å². The number of carbonyl (C=O) groups excluding carboxylic acids is 1. The van der Waals surface area contributed by atoms with Gasteiger partial charge in [0.05, 0.1) is 0 Å². The number of nitrogens with two attached hydrogens (primary N) is 1. The highest BCUT2D eigenvalue weighted by Gasteiger charge is 2.13. The lowest BCUT2D eigenvalue weighted by atomic mass is 10.2. The third kappa shape index (κ3) is 3.37. The number of quaternary nitrogens is 1. The molecule has 2 rings (SSSR count). The molecule has 0 saturated heterocycles. The standard InChI is InChI=1S/C13H18N2O3/c1-9(2)15-13(16)7-14-6-10-3-4-11-12(5-10)18-8-17-11/h3-5,9,14H,6-8H2,1-2H3,(H,15,16)/p+1. The van der Waals surface area contributed by atoms with E-state index in [0.717, 1.165) is 23.6 Å². The number of carbonyl (C=O) groups is 1. The number of ether oxygens (including phenoxy) is 2. The molecule has 18 heavy (non-hydrogen) atoms. The number of benzene rings is 1. The highest BCUT2D eigenvalue weighted by atomic mass is 16.7. The van der Waals surface area contributed by atoms with Crippen molar-refractivity contribution < 1.29 is 19.6 Å². The maximum Gasteiger partial charge on any atom is 0.275 e. The molecular formula is C13H19N2O3+. The molecule has 5 heteroatoms. The van der Waals surface area contributed by atoms with Gasteiger partial charge in [0.2, 0.25) is 6.79 Å². The predicted molar refractivity (Wildman–Crippen MR) is 66.3 cm³/mol. The molecule has 5 nitrogen and oxygen atoms in total. The highest BCUT2D eigenvalue weighted by molar-refractivity contribution is 5.76. The first-order chi connectivity index (χ1) is 8.65. The smallest absolute Gasteiger partial charge is 0.275 e. The van der Waals surface area contributed by atoms with Crippen LogP contribution in [0, 0.1) is 0 Å². The highest BCUT2D eigenvalue weighted by Crippen LogP contribution is 2.32. The van der Waals surface area contributed by atoms with Gasteiger partial charge >= 0.3 is 0 Å². The van der Waals surface area contributed by atoms with Crippen molar-refractivity contribution in [2.45, 2.75) is 26.4 Å². The zero-order chi connectivity index (χ0) is 13.0. The van der Waals surface area contributed by atoms with Gasteiger partial charge in [-0.25, -0.2) is 0 Å². The van der Waals surface area contributed by atoms with Crippen molar-refractivity contribution in [3.05, 3.63) is 23.8 Å². The van der Waals surface area contributed by atoms with Crippen LogP contribution >= 0.6 is 0 Å². The quantitative estimate of drug-likeness (QED) is 0.774. The van der Waals surface area contributed by atoms with Crippen LogP contribution in [0.3, 0.4) is 0 Å². The lowest BCUT2D eigenvalue weighted by Gasteiger charge is -2.07. The topological polar surface area (TPSA) is 64.2 Å². The van der Waals surface area contributed by atoms with E-state index >= 15 is 0 Å². The molecule has 0 bridgehead atoms. The van der Waals surface area contributed by atoms with Gasteiger partial charge in [0.15, 0.2) is 18.0 Å². The molecule has 0 fully saturated rings. The predicted octanol–water partition coefficient (Wildman–Crippen LogP) is 0.00330. The Morgan fingerprint density at radius 1 is 1.39 bits per heavy atom. The Morgan fingerprint density at radius 2 is 2.17 bits per heavy atom. The Kier molecular flexibility index (Phi) is 4.04. The molecule has 0 unspecified atom stereocenters. The van der Waals surface area contributed by atoms with E-state index in [1.54, 1.807) is 0 Å². The molecule has 0 spiro atoms. The van der Waals surface area contributed by atoms with E-state index in [9.17, 15) is 4.79 Å². The van der Waals surface area contributed by atoms with Gasteiger partial charge in [-0.3, -0.25) is 4.79 Å². The summed E-state index contributed by atoms with van der Waals surface area (Å²) in [7, 11) is 0. The van der Waals surface area contributed by atoms with Crippen molar-refractivity contribution in [2.75, 3.05) is 13.3 Å². The summed E-state index contributed by atoms with van der Waals surface area (Å²) in [4.78, 5) is 11.4. The van der Waals surface area contributed by atoms with E-state index in [1.165, 1.54) is 0 Å². The summed E-state index contributed by atoms with van der Waals surface area (Å²) in [6, 6.07) is 6.04. The molecular weight excluding hydrogens is 232 g/mol. The van der Waals surface area contributed by atoms with E-state index < -0.39 is 0 Å². The van der Waals surface area contributed by atoms with Crippen molar-refractivity contribution >= 4 is 5.91 Å². The Hall–Kier alpha value is -1.75. The summed E-state index contributed by atoms with van der Waals surface area (Å²) >= 11 is 0. The molecule has 1 aliphatic rings. The minimum atomic E-state index is 0.0609. The Bertz CT molecular complexity index is 432. The van der Waals surface area contributed by atoms with Crippen molar-refractivity contribution in [3.63, 3.8) is 0 Å². The summed E-state index contributed by atoms with van der Waals surface area (Å²) in [6.07, 6.45) is 0. The molecule has 1 aromatic carbocycles. The maximum absolute atomic E-state index is 11.4. The number of nitrogens with one attached hydrogen (secondary N) is 1. The summed E-state index contributed by atoms with van der Waals surface area (Å²) in [5.74, 6) is 1.63. The Morgan fingerprint density at radius 3 is 2.94 bits per heavy atom. The lowest BCUT2D eigenvalue weighted by Crippen LogP contribution is -2.85. The second-order valence-corrected chi connectivity index (χ2v) is 4.61. The Balaban J connectivity index is 1.78. The molecule has 1 aliphatic heterocycles. The number of hydrogen-bond donors (Lipinski definition) is 2. The Labute approximate surface area is 106 Å². The fraction of sp³-hybridized carbons (Fsp3) is 0.462. The normalized spacial score (nSPS) is 12.8. The molecule has 3 N–H and O–H groups in total. The average Bonchev–Trinajstić information content (AvgIpc) is 2.75. The van der Waals surface area contributed by atoms with Gasteiger partial charge in [-0.2, -0.15) is 0 Å². The summed E-state index contributed by atoms with van der Waals surface area (Å²) in [5, 5.41) is 4.82. The van der Waals surface area contributed by atoms with Crippen LogP contribution in [-0.2, 0) is 11.3 Å². The second-order valence-electron chi connectivity index (χ2n) is 4.61. The molecule has 0 atom stereocenters. The monoisotopic (exact) mass is 251 g/mol. The first kappa shape index (κ1) is 12.7. The average molecular weight is 251 g/mol. The van der Waals surface area contributed by atoms with E-state index in [1.807, 2.05) is 37.4 Å². The largest absolute Gasteiger partial charge is 0.454 e. The molecule has 0 saturated carbocycles. The van der Waals surface area contributed by atoms with Crippen LogP contribution in [0.4, 0.5) is 0 Å². The van der Waals surface area contributed by atoms with Crippen LogP contribution in [0.1, 0.15) is 19.4 Å². The third-order valence-electron chi connectivity index (χ3n) is 2.60. The molecule has 1 heterocycles. The van der Waals surface area contributed by atoms with E-state index in [4.69, 9.17) is 9.47 Å². The van der Waals surface area contributed by atoms with Gasteiger partial charge in [0, 0.05) is 11.6 Å². The molecule has 1 aromatic rings. The lowest BCUT2D eigenvalue weighted by molar-refractivity contribution is -0.660. The fourth-order valence-corrected chi connectivity index (χ4v) is 1.82. The zero-order valence-electron chi connectivity index (χ0n) is 10.7. The maximum atomic E-state index is 11.4. The van der Waals surface area contributed by atoms with Gasteiger partial charge in [0.25, 0.3) is 5.91 Å². The van der Waals surface area contributed by atoms with Gasteiger partial charge in [-0.15, -0.1) is 0 Å². The fourth-order valence-electron chi connectivity index (χ4n) is 1.82. The summed E-state index contributed by atoms with van der Waals surface area (Å²) in [5.41, 5.74) is 1.12. The first-order valence-corrected chi connectivity index (χ1v) is 6.14. The minimum absolute atomic E-state index is 0.0609. The summed E-state index contributed by atoms with van der Waals surface area (Å²) < 4.78 is 10.5. The van der Waals surface area contributed by atoms with Gasteiger partial charge < -0.3 is 20.1 Å². The van der Waals surface area contributed by atoms with Crippen LogP contribution in [0.2, 0.25) is 0 Å². The van der Waals surface area contributed by atoms with Crippen molar-refractivity contribution in [3.8, 4) is 11.5 Å². The van der Waals surface area contributed by atoms with Crippen LogP contribution in [0.25, 0.3) is 0 Å². The van der Waals surface area contributed by atoms with Gasteiger partial charge in [-0.05, 0) is 32.0 Å². The third-order valence-corrected chi connectivity index (χ3v) is 2.60. The van der Waals surface area contributed by atoms with E-state index in [-0.39, 0.29) is 11.9 Å². The minimum Gasteiger partial charge on any atom is -0.454 e. The van der Waals surface area contributed by atoms with Gasteiger partial charge in [0.1, 0.15) is 6.54 Å². The van der Waals surface area contributed by atoms with E-state index in [2.05, 4.69) is 5.32 Å². The van der Waals surface area contributed by atoms with Crippen LogP contribution < -0.4 is 20.1 Å². The zero-order valence-corrected chi connectivity index (χ0v) is 10.7. The van der Waals surface area contributed by atoms with Crippen molar-refractivity contribution in [1.29, 1.82) is 0 Å². The molecule has 0 aromatic heterocycles. The van der Waals surface area contributed by atoms with Crippen LogP contribution in [0.5, 0.6) is 11.5 Å². The van der Waals surface area contributed by atoms with Gasteiger partial charge in [-0.1, -0.05) is 0 Å². The summed E-state index contributed by atoms with van der Waals surface area (Å²) in [6.45, 7) is 5.39. The first-order valence-electron chi connectivity index (χ1n) is 6.14. The number of rotatable bonds is 5. The molecule has 98 valence electrons. The number of hydrogen-bond acceptors (Lipinski definition) is 3. The van der Waals surface area contributed by atoms with Crippen LogP contribution in [0.15, 0.2) is 18.2 Å². The molecule has 0 aliphatic carbocycles.